The molecule has 0 saturated carbocycles. The molecule has 220 valence electrons. The number of carbonyl (C=O) groups excluding carboxylic acids is 2. The van der Waals surface area contributed by atoms with Gasteiger partial charge in [0, 0.05) is 54.4 Å². The largest absolute Gasteiger partial charge is 0.493 e. The van der Waals surface area contributed by atoms with E-state index in [0.717, 1.165) is 26.1 Å². The van der Waals surface area contributed by atoms with Gasteiger partial charge in [0.25, 0.3) is 11.8 Å². The number of ether oxygens (including phenoxy) is 1. The topological polar surface area (TPSA) is 101 Å². The van der Waals surface area contributed by atoms with Gasteiger partial charge in [0.2, 0.25) is 11.7 Å². The quantitative estimate of drug-likeness (QED) is 0.226. The smallest absolute Gasteiger partial charge is 0.261 e. The average molecular weight is 633 g/mol. The van der Waals surface area contributed by atoms with Crippen molar-refractivity contribution < 1.29 is 23.2 Å². The lowest BCUT2D eigenvalue weighted by Crippen LogP contribution is -2.54. The Hall–Kier alpha value is -3.51. The van der Waals surface area contributed by atoms with E-state index in [1.165, 1.54) is 17.4 Å². The third-order valence-electron chi connectivity index (χ3n) is 6.75. The lowest BCUT2D eigenvalue weighted by molar-refractivity contribution is -0.134. The molecular weight excluding hydrogens is 604 g/mol. The fourth-order valence-corrected chi connectivity index (χ4v) is 5.73. The van der Waals surface area contributed by atoms with Crippen molar-refractivity contribution in [3.8, 4) is 28.6 Å². The normalized spacial score (nSPS) is 14.5. The summed E-state index contributed by atoms with van der Waals surface area (Å²) < 4.78 is 25.9. The number of piperazine rings is 1. The van der Waals surface area contributed by atoms with Crippen LogP contribution in [0.4, 0.5) is 4.39 Å². The molecule has 1 saturated heterocycles. The standard InChI is InChI=1S/C29H28Cl2FN5O4S/c1-18(33-27(38)25-4-2-13-42-25)29(39)37-10-8-36(9-11-37)7-3-12-40-22-5-6-23(24(32)17-22)26-34-28(41-35-26)19-14-20(30)16-21(31)15-19/h2,4-6,13-18H,3,7-12H2,1H3,(H,33,38). The van der Waals surface area contributed by atoms with E-state index >= 15 is 0 Å². The SMILES string of the molecule is CC(NC(=O)c1cccs1)C(=O)N1CCN(CCCOc2ccc(-c3noc(-c4cc(Cl)cc(Cl)c4)n3)c(F)c2)CC1. The second-order valence-electron chi connectivity index (χ2n) is 9.76. The first-order valence-electron chi connectivity index (χ1n) is 13.4. The van der Waals surface area contributed by atoms with Crippen LogP contribution in [0.25, 0.3) is 22.8 Å². The molecule has 0 spiro atoms. The van der Waals surface area contributed by atoms with Crippen molar-refractivity contribution in [2.75, 3.05) is 39.3 Å². The summed E-state index contributed by atoms with van der Waals surface area (Å²) in [5.74, 6) is -0.181. The zero-order valence-electron chi connectivity index (χ0n) is 22.7. The van der Waals surface area contributed by atoms with Gasteiger partial charge in [-0.1, -0.05) is 34.4 Å². The maximum Gasteiger partial charge on any atom is 0.261 e. The minimum absolute atomic E-state index is 0.0840. The van der Waals surface area contributed by atoms with Crippen molar-refractivity contribution in [3.63, 3.8) is 0 Å². The van der Waals surface area contributed by atoms with E-state index in [9.17, 15) is 14.0 Å². The van der Waals surface area contributed by atoms with E-state index in [2.05, 4.69) is 20.4 Å². The summed E-state index contributed by atoms with van der Waals surface area (Å²) in [6, 6.07) is 12.3. The third kappa shape index (κ3) is 7.46. The Morgan fingerprint density at radius 2 is 1.88 bits per heavy atom. The predicted octanol–water partition coefficient (Wildman–Crippen LogP) is 5.64. The van der Waals surface area contributed by atoms with Gasteiger partial charge >= 0.3 is 0 Å². The van der Waals surface area contributed by atoms with Crippen LogP contribution in [0.3, 0.4) is 0 Å². The lowest BCUT2D eigenvalue weighted by Gasteiger charge is -2.36. The minimum atomic E-state index is -0.587. The van der Waals surface area contributed by atoms with Gasteiger partial charge in [-0.05, 0) is 55.1 Å². The zero-order chi connectivity index (χ0) is 29.6. The van der Waals surface area contributed by atoms with Crippen LogP contribution in [-0.2, 0) is 4.79 Å². The van der Waals surface area contributed by atoms with Gasteiger partial charge in [0.15, 0.2) is 0 Å². The summed E-state index contributed by atoms with van der Waals surface area (Å²) in [4.78, 5) is 33.9. The van der Waals surface area contributed by atoms with Gasteiger partial charge in [-0.3, -0.25) is 14.5 Å². The van der Waals surface area contributed by atoms with Gasteiger partial charge in [-0.15, -0.1) is 11.3 Å². The molecule has 0 radical (unpaired) electrons. The molecule has 3 heterocycles. The van der Waals surface area contributed by atoms with Crippen LogP contribution in [0, 0.1) is 5.82 Å². The molecule has 1 atom stereocenters. The second kappa shape index (κ2) is 13.6. The summed E-state index contributed by atoms with van der Waals surface area (Å²) in [5.41, 5.74) is 0.714. The highest BCUT2D eigenvalue weighted by Gasteiger charge is 2.26. The minimum Gasteiger partial charge on any atom is -0.493 e. The van der Waals surface area contributed by atoms with Crippen molar-refractivity contribution in [2.24, 2.45) is 0 Å². The van der Waals surface area contributed by atoms with Crippen LogP contribution in [0.2, 0.25) is 10.0 Å². The lowest BCUT2D eigenvalue weighted by atomic mass is 10.2. The van der Waals surface area contributed by atoms with Crippen molar-refractivity contribution in [3.05, 3.63) is 74.7 Å². The first-order chi connectivity index (χ1) is 20.3. The van der Waals surface area contributed by atoms with E-state index < -0.39 is 11.9 Å². The Kier molecular flexibility index (Phi) is 9.73. The first-order valence-corrected chi connectivity index (χ1v) is 15.0. The Morgan fingerprint density at radius 3 is 2.57 bits per heavy atom. The Balaban J connectivity index is 1.04. The molecule has 42 heavy (non-hydrogen) atoms. The van der Waals surface area contributed by atoms with Crippen LogP contribution in [0.15, 0.2) is 58.4 Å². The number of rotatable bonds is 10. The number of benzene rings is 2. The summed E-state index contributed by atoms with van der Waals surface area (Å²) in [6.45, 7) is 5.55. The summed E-state index contributed by atoms with van der Waals surface area (Å²) >= 11 is 13.4. The van der Waals surface area contributed by atoms with Crippen LogP contribution in [0.1, 0.15) is 23.0 Å². The van der Waals surface area contributed by atoms with Crippen LogP contribution >= 0.6 is 34.5 Å². The summed E-state index contributed by atoms with van der Waals surface area (Å²) in [6.07, 6.45) is 0.737. The van der Waals surface area contributed by atoms with E-state index in [0.29, 0.717) is 45.9 Å². The number of nitrogens with one attached hydrogen (secondary N) is 1. The number of hydrogen-bond donors (Lipinski definition) is 1. The van der Waals surface area contributed by atoms with Crippen molar-refractivity contribution >= 4 is 46.4 Å². The molecule has 1 unspecified atom stereocenters. The van der Waals surface area contributed by atoms with E-state index in [4.69, 9.17) is 32.5 Å². The third-order valence-corrected chi connectivity index (χ3v) is 8.06. The van der Waals surface area contributed by atoms with Crippen molar-refractivity contribution in [2.45, 2.75) is 19.4 Å². The molecule has 1 aliphatic rings. The van der Waals surface area contributed by atoms with E-state index in [-0.39, 0.29) is 29.1 Å². The Labute approximate surface area is 256 Å². The van der Waals surface area contributed by atoms with Gasteiger partial charge < -0.3 is 19.5 Å². The highest BCUT2D eigenvalue weighted by molar-refractivity contribution is 7.12. The zero-order valence-corrected chi connectivity index (χ0v) is 25.0. The average Bonchev–Trinajstić information content (AvgIpc) is 3.68. The molecule has 2 aromatic carbocycles. The van der Waals surface area contributed by atoms with Gasteiger partial charge in [0.05, 0.1) is 17.0 Å². The predicted molar refractivity (Wildman–Crippen MR) is 160 cm³/mol. The second-order valence-corrected chi connectivity index (χ2v) is 11.6. The molecule has 4 aromatic rings. The van der Waals surface area contributed by atoms with Gasteiger partial charge in [0.1, 0.15) is 17.6 Å². The number of thiophene rings is 1. The van der Waals surface area contributed by atoms with Crippen LogP contribution < -0.4 is 10.1 Å². The van der Waals surface area contributed by atoms with Crippen molar-refractivity contribution in [1.82, 2.24) is 25.3 Å². The molecule has 0 bridgehead atoms. The highest BCUT2D eigenvalue weighted by atomic mass is 35.5. The van der Waals surface area contributed by atoms with Crippen LogP contribution in [0.5, 0.6) is 5.75 Å². The van der Waals surface area contributed by atoms with Gasteiger partial charge in [-0.25, -0.2) is 4.39 Å². The molecular formula is C29H28Cl2FN5O4S. The molecule has 1 N–H and O–H groups in total. The van der Waals surface area contributed by atoms with E-state index in [1.54, 1.807) is 54.3 Å². The summed E-state index contributed by atoms with van der Waals surface area (Å²) in [5, 5.41) is 9.33. The Morgan fingerprint density at radius 1 is 1.12 bits per heavy atom. The number of nitrogens with zero attached hydrogens (tertiary/aromatic N) is 4. The number of aromatic nitrogens is 2. The molecule has 1 aliphatic heterocycles. The van der Waals surface area contributed by atoms with Crippen LogP contribution in [-0.4, -0.2) is 77.1 Å². The monoisotopic (exact) mass is 631 g/mol. The van der Waals surface area contributed by atoms with Gasteiger partial charge in [-0.2, -0.15) is 4.98 Å². The molecule has 0 aliphatic carbocycles. The molecule has 2 aromatic heterocycles. The molecule has 2 amide bonds. The number of hydrogen-bond acceptors (Lipinski definition) is 8. The fraction of sp³-hybridized carbons (Fsp3) is 0.310. The van der Waals surface area contributed by atoms with Crippen molar-refractivity contribution in [1.29, 1.82) is 0 Å². The molecule has 13 heteroatoms. The number of carbonyl (C=O) groups is 2. The summed E-state index contributed by atoms with van der Waals surface area (Å²) in [7, 11) is 0. The first kappa shape index (κ1) is 30.0. The maximum atomic E-state index is 14.9. The molecule has 5 rings (SSSR count). The Bertz CT molecular complexity index is 1520. The maximum absolute atomic E-state index is 14.9. The number of halogens is 3. The fourth-order valence-electron chi connectivity index (χ4n) is 4.58. The molecule has 9 nitrogen and oxygen atoms in total. The number of amides is 2. The van der Waals surface area contributed by atoms with E-state index in [1.807, 2.05) is 5.38 Å². The molecule has 1 fully saturated rings. The highest BCUT2D eigenvalue weighted by Crippen LogP contribution is 2.29.